The number of carbonyl (C=O) groups excluding carboxylic acids is 2. The Balaban J connectivity index is 1.47. The molecule has 4 rings (SSSR count). The van der Waals surface area contributed by atoms with Crippen molar-refractivity contribution in [3.8, 4) is 5.75 Å². The van der Waals surface area contributed by atoms with Gasteiger partial charge in [-0.15, -0.1) is 0 Å². The molecule has 0 aromatic heterocycles. The zero-order valence-corrected chi connectivity index (χ0v) is 17.6. The second-order valence-corrected chi connectivity index (χ2v) is 8.73. The van der Waals surface area contributed by atoms with E-state index in [0.717, 1.165) is 37.0 Å². The first-order valence-corrected chi connectivity index (χ1v) is 10.8. The minimum atomic E-state index is -0.488. The second kappa shape index (κ2) is 8.81. The van der Waals surface area contributed by atoms with Crippen LogP contribution in [0.2, 0.25) is 0 Å². The SMILES string of the molecule is CN(C)C(=O)C[C@@H]1C[C@@H]2c3cc(NC(=O)NC4CCCC4)ccc3O[C@@H]2[C@H](CO)O1. The summed E-state index contributed by atoms with van der Waals surface area (Å²) in [6.45, 7) is -0.170. The number of amides is 3. The number of carbonyl (C=O) groups is 2. The Labute approximate surface area is 176 Å². The van der Waals surface area contributed by atoms with E-state index in [1.807, 2.05) is 18.2 Å². The van der Waals surface area contributed by atoms with Crippen LogP contribution in [-0.2, 0) is 9.53 Å². The molecular weight excluding hydrogens is 386 g/mol. The van der Waals surface area contributed by atoms with Gasteiger partial charge in [-0.25, -0.2) is 4.79 Å². The van der Waals surface area contributed by atoms with Crippen molar-refractivity contribution in [3.63, 3.8) is 0 Å². The Morgan fingerprint density at radius 2 is 2.00 bits per heavy atom. The lowest BCUT2D eigenvalue weighted by Crippen LogP contribution is -2.47. The van der Waals surface area contributed by atoms with Gasteiger partial charge in [0.25, 0.3) is 0 Å². The van der Waals surface area contributed by atoms with Crippen molar-refractivity contribution in [2.75, 3.05) is 26.0 Å². The summed E-state index contributed by atoms with van der Waals surface area (Å²) in [5.74, 6) is 0.743. The highest BCUT2D eigenvalue weighted by Gasteiger charge is 2.46. The van der Waals surface area contributed by atoms with E-state index in [4.69, 9.17) is 9.47 Å². The van der Waals surface area contributed by atoms with E-state index >= 15 is 0 Å². The van der Waals surface area contributed by atoms with Crippen molar-refractivity contribution in [2.24, 2.45) is 0 Å². The molecule has 3 amide bonds. The van der Waals surface area contributed by atoms with Gasteiger partial charge in [0, 0.05) is 37.3 Å². The predicted octanol–water partition coefficient (Wildman–Crippen LogP) is 2.22. The van der Waals surface area contributed by atoms with Crippen LogP contribution < -0.4 is 15.4 Å². The number of aliphatic hydroxyl groups is 1. The zero-order valence-electron chi connectivity index (χ0n) is 17.6. The fourth-order valence-corrected chi connectivity index (χ4v) is 4.77. The van der Waals surface area contributed by atoms with Crippen LogP contribution in [0.3, 0.4) is 0 Å². The van der Waals surface area contributed by atoms with Crippen LogP contribution in [0.4, 0.5) is 10.5 Å². The van der Waals surface area contributed by atoms with Crippen molar-refractivity contribution in [3.05, 3.63) is 23.8 Å². The third-order valence-corrected chi connectivity index (χ3v) is 6.35. The molecule has 0 spiro atoms. The van der Waals surface area contributed by atoms with Crippen LogP contribution >= 0.6 is 0 Å². The molecule has 30 heavy (non-hydrogen) atoms. The Kier molecular flexibility index (Phi) is 6.15. The first-order valence-electron chi connectivity index (χ1n) is 10.8. The number of nitrogens with zero attached hydrogens (tertiary/aromatic N) is 1. The third kappa shape index (κ3) is 4.39. The minimum absolute atomic E-state index is 0.00510. The highest BCUT2D eigenvalue weighted by molar-refractivity contribution is 5.89. The van der Waals surface area contributed by atoms with Gasteiger partial charge in [-0.3, -0.25) is 4.79 Å². The molecule has 0 unspecified atom stereocenters. The molecule has 4 atom stereocenters. The number of rotatable bonds is 5. The maximum atomic E-state index is 12.3. The van der Waals surface area contributed by atoms with Gasteiger partial charge in [0.2, 0.25) is 5.91 Å². The van der Waals surface area contributed by atoms with Crippen molar-refractivity contribution < 1.29 is 24.2 Å². The number of hydrogen-bond donors (Lipinski definition) is 3. The van der Waals surface area contributed by atoms with Crippen LogP contribution in [0, 0.1) is 0 Å². The normalized spacial score (nSPS) is 27.7. The monoisotopic (exact) mass is 417 g/mol. The molecular formula is C22H31N3O5. The molecule has 1 aliphatic carbocycles. The average molecular weight is 418 g/mol. The summed E-state index contributed by atoms with van der Waals surface area (Å²) >= 11 is 0. The molecule has 8 nitrogen and oxygen atoms in total. The summed E-state index contributed by atoms with van der Waals surface area (Å²) < 4.78 is 12.0. The quantitative estimate of drug-likeness (QED) is 0.682. The van der Waals surface area contributed by atoms with Gasteiger partial charge in [0.15, 0.2) is 0 Å². The number of aliphatic hydroxyl groups excluding tert-OH is 1. The first kappa shape index (κ1) is 20.9. The zero-order chi connectivity index (χ0) is 21.3. The highest BCUT2D eigenvalue weighted by Crippen LogP contribution is 2.47. The number of nitrogens with one attached hydrogen (secondary N) is 2. The summed E-state index contributed by atoms with van der Waals surface area (Å²) in [5, 5.41) is 15.8. The van der Waals surface area contributed by atoms with Crippen molar-refractivity contribution >= 4 is 17.6 Å². The topological polar surface area (TPSA) is 100 Å². The molecule has 1 aromatic carbocycles. The van der Waals surface area contributed by atoms with E-state index in [1.165, 1.54) is 0 Å². The fraction of sp³-hybridized carbons (Fsp3) is 0.636. The van der Waals surface area contributed by atoms with E-state index in [0.29, 0.717) is 12.1 Å². The number of benzene rings is 1. The Bertz CT molecular complexity index is 793. The lowest BCUT2D eigenvalue weighted by Gasteiger charge is -2.37. The maximum absolute atomic E-state index is 12.3. The van der Waals surface area contributed by atoms with Gasteiger partial charge >= 0.3 is 6.03 Å². The number of hydrogen-bond acceptors (Lipinski definition) is 5. The Morgan fingerprint density at radius 3 is 2.70 bits per heavy atom. The molecule has 8 heteroatoms. The molecule has 1 saturated carbocycles. The molecule has 2 fully saturated rings. The fourth-order valence-electron chi connectivity index (χ4n) is 4.77. The Morgan fingerprint density at radius 1 is 1.23 bits per heavy atom. The first-order chi connectivity index (χ1) is 14.4. The third-order valence-electron chi connectivity index (χ3n) is 6.35. The van der Waals surface area contributed by atoms with Gasteiger partial charge < -0.3 is 30.1 Å². The van der Waals surface area contributed by atoms with Gasteiger partial charge in [-0.2, -0.15) is 0 Å². The summed E-state index contributed by atoms with van der Waals surface area (Å²) in [7, 11) is 3.44. The van der Waals surface area contributed by atoms with Crippen molar-refractivity contribution in [1.29, 1.82) is 0 Å². The number of fused-ring (bicyclic) bond motifs is 3. The van der Waals surface area contributed by atoms with Gasteiger partial charge in [0.1, 0.15) is 18.0 Å². The van der Waals surface area contributed by atoms with Crippen LogP contribution in [0.15, 0.2) is 18.2 Å². The van der Waals surface area contributed by atoms with Crippen LogP contribution in [0.5, 0.6) is 5.75 Å². The molecule has 2 heterocycles. The summed E-state index contributed by atoms with van der Waals surface area (Å²) in [6.07, 6.45) is 4.22. The summed E-state index contributed by atoms with van der Waals surface area (Å²) in [4.78, 5) is 26.0. The summed E-state index contributed by atoms with van der Waals surface area (Å²) in [5.41, 5.74) is 1.70. The largest absolute Gasteiger partial charge is 0.487 e. The standard InChI is InChI=1S/C22H31N3O5/c1-25(2)20(27)11-15-10-17-16-9-14(24-22(28)23-13-5-3-4-6-13)7-8-18(16)30-21(17)19(12-26)29-15/h7-9,13,15,17,19,21,26H,3-6,10-12H2,1-2H3,(H2,23,24,28)/t15-,17+,19-,21-/m0/s1. The molecule has 3 N–H and O–H groups in total. The second-order valence-electron chi connectivity index (χ2n) is 8.73. The van der Waals surface area contributed by atoms with E-state index in [2.05, 4.69) is 10.6 Å². The minimum Gasteiger partial charge on any atom is -0.487 e. The highest BCUT2D eigenvalue weighted by atomic mass is 16.6. The maximum Gasteiger partial charge on any atom is 0.319 e. The number of anilines is 1. The summed E-state index contributed by atoms with van der Waals surface area (Å²) in [6, 6.07) is 5.69. The van der Waals surface area contributed by atoms with E-state index in [9.17, 15) is 14.7 Å². The Hall–Kier alpha value is -2.32. The molecule has 2 aliphatic heterocycles. The van der Waals surface area contributed by atoms with Gasteiger partial charge in [0.05, 0.1) is 19.1 Å². The molecule has 0 bridgehead atoms. The number of urea groups is 1. The average Bonchev–Trinajstić information content (AvgIpc) is 3.34. The molecule has 1 aromatic rings. The van der Waals surface area contributed by atoms with Crippen molar-refractivity contribution in [1.82, 2.24) is 10.2 Å². The smallest absolute Gasteiger partial charge is 0.319 e. The predicted molar refractivity (Wildman–Crippen MR) is 112 cm³/mol. The van der Waals surface area contributed by atoms with Crippen molar-refractivity contribution in [2.45, 2.75) is 68.8 Å². The van der Waals surface area contributed by atoms with E-state index < -0.39 is 6.10 Å². The van der Waals surface area contributed by atoms with Gasteiger partial charge in [-0.1, -0.05) is 12.8 Å². The molecule has 3 aliphatic rings. The molecule has 0 radical (unpaired) electrons. The molecule has 164 valence electrons. The van der Waals surface area contributed by atoms with E-state index in [-0.39, 0.29) is 49.1 Å². The van der Waals surface area contributed by atoms with Gasteiger partial charge in [-0.05, 0) is 37.5 Å². The molecule has 1 saturated heterocycles. The number of ether oxygens (including phenoxy) is 2. The lowest BCUT2D eigenvalue weighted by atomic mass is 9.84. The lowest BCUT2D eigenvalue weighted by molar-refractivity contribution is -0.147. The van der Waals surface area contributed by atoms with Crippen LogP contribution in [0.1, 0.15) is 50.0 Å². The van der Waals surface area contributed by atoms with E-state index in [1.54, 1.807) is 19.0 Å². The van der Waals surface area contributed by atoms with Crippen LogP contribution in [0.25, 0.3) is 0 Å². The van der Waals surface area contributed by atoms with Crippen LogP contribution in [-0.4, -0.2) is 67.0 Å².